The number of aromatic hydroxyl groups is 1. The minimum absolute atomic E-state index is 0.0278. The summed E-state index contributed by atoms with van der Waals surface area (Å²) in [6, 6.07) is 21.6. The number of phenols is 1. The second-order valence-corrected chi connectivity index (χ2v) is 6.09. The fraction of sp³-hybridized carbons (Fsp3) is 0. The van der Waals surface area contributed by atoms with E-state index in [4.69, 9.17) is 11.6 Å². The quantitative estimate of drug-likeness (QED) is 0.294. The number of hydrogen-bond acceptors (Lipinski definition) is 3. The van der Waals surface area contributed by atoms with Crippen molar-refractivity contribution in [2.24, 2.45) is 0 Å². The van der Waals surface area contributed by atoms with Crippen LogP contribution in [0.3, 0.4) is 0 Å². The number of carbonyl (C=O) groups is 2. The van der Waals surface area contributed by atoms with Gasteiger partial charge in [-0.15, -0.1) is 0 Å². The first kappa shape index (κ1) is 17.6. The van der Waals surface area contributed by atoms with Gasteiger partial charge in [-0.3, -0.25) is 9.59 Å². The second kappa shape index (κ2) is 7.81. The number of carbonyl (C=O) groups excluding carboxylic acids is 2. The zero-order valence-corrected chi connectivity index (χ0v) is 14.5. The van der Waals surface area contributed by atoms with Gasteiger partial charge >= 0.3 is 0 Å². The van der Waals surface area contributed by atoms with Gasteiger partial charge in [0, 0.05) is 10.6 Å². The molecule has 0 radical (unpaired) electrons. The van der Waals surface area contributed by atoms with E-state index >= 15 is 0 Å². The van der Waals surface area contributed by atoms with E-state index in [1.54, 1.807) is 48.5 Å². The zero-order chi connectivity index (χ0) is 18.5. The Kier molecular flexibility index (Phi) is 5.30. The molecule has 128 valence electrons. The van der Waals surface area contributed by atoms with Crippen LogP contribution < -0.4 is 0 Å². The van der Waals surface area contributed by atoms with E-state index in [1.807, 2.05) is 18.2 Å². The van der Waals surface area contributed by atoms with Crippen molar-refractivity contribution in [2.45, 2.75) is 0 Å². The molecule has 3 aromatic rings. The highest BCUT2D eigenvalue weighted by molar-refractivity contribution is 6.34. The Bertz CT molecular complexity index is 974. The monoisotopic (exact) mass is 362 g/mol. The van der Waals surface area contributed by atoms with Crippen LogP contribution in [-0.2, 0) is 0 Å². The minimum atomic E-state index is -0.535. The fourth-order valence-electron chi connectivity index (χ4n) is 2.52. The van der Waals surface area contributed by atoms with E-state index in [0.29, 0.717) is 16.1 Å². The average Bonchev–Trinajstić information content (AvgIpc) is 2.67. The molecule has 3 rings (SSSR count). The Balaban J connectivity index is 2.09. The number of allylic oxidation sites excluding steroid dienone is 1. The highest BCUT2D eigenvalue weighted by Gasteiger charge is 2.23. The molecule has 0 saturated heterocycles. The number of ketones is 2. The van der Waals surface area contributed by atoms with E-state index < -0.39 is 11.6 Å². The molecule has 0 aliphatic heterocycles. The molecule has 0 amide bonds. The topological polar surface area (TPSA) is 54.4 Å². The van der Waals surface area contributed by atoms with Crippen LogP contribution in [-0.4, -0.2) is 16.7 Å². The van der Waals surface area contributed by atoms with Crippen molar-refractivity contribution in [2.75, 3.05) is 0 Å². The summed E-state index contributed by atoms with van der Waals surface area (Å²) in [5, 5.41) is 10.5. The third-order valence-electron chi connectivity index (χ3n) is 3.85. The van der Waals surface area contributed by atoms with E-state index in [0.717, 1.165) is 0 Å². The lowest BCUT2D eigenvalue weighted by atomic mass is 9.93. The molecular formula is C22H15ClO3. The SMILES string of the molecule is O=C(/C(=C/c1ccccc1)C(=O)c1ccccc1O)c1ccc(Cl)cc1. The zero-order valence-electron chi connectivity index (χ0n) is 13.7. The number of Topliss-reactive ketones (excluding diaryl/α,β-unsaturated/α-hetero) is 2. The molecule has 26 heavy (non-hydrogen) atoms. The maximum absolute atomic E-state index is 13.0. The molecule has 1 N–H and O–H groups in total. The maximum atomic E-state index is 13.0. The summed E-state index contributed by atoms with van der Waals surface area (Å²) in [5.74, 6) is -1.13. The molecule has 0 spiro atoms. The van der Waals surface area contributed by atoms with Crippen LogP contribution in [0.25, 0.3) is 6.08 Å². The van der Waals surface area contributed by atoms with E-state index in [-0.39, 0.29) is 16.9 Å². The Morgan fingerprint density at radius 1 is 0.769 bits per heavy atom. The van der Waals surface area contributed by atoms with Crippen LogP contribution in [0.5, 0.6) is 5.75 Å². The Hall–Kier alpha value is -3.17. The van der Waals surface area contributed by atoms with Gasteiger partial charge < -0.3 is 5.11 Å². The summed E-state index contributed by atoms with van der Waals surface area (Å²) in [6.45, 7) is 0. The van der Waals surface area contributed by atoms with Gasteiger partial charge in [-0.05, 0) is 48.0 Å². The van der Waals surface area contributed by atoms with Gasteiger partial charge in [0.2, 0.25) is 5.78 Å². The summed E-state index contributed by atoms with van der Waals surface area (Å²) < 4.78 is 0. The molecular weight excluding hydrogens is 348 g/mol. The van der Waals surface area contributed by atoms with Crippen LogP contribution in [0.1, 0.15) is 26.3 Å². The molecule has 0 heterocycles. The average molecular weight is 363 g/mol. The number of phenolic OH excluding ortho intramolecular Hbond substituents is 1. The first-order valence-corrected chi connectivity index (χ1v) is 8.34. The standard InChI is InChI=1S/C22H15ClO3/c23-17-12-10-16(11-13-17)21(25)19(14-15-6-2-1-3-7-15)22(26)18-8-4-5-9-20(18)24/h1-14,24H/b19-14-. The van der Waals surface area contributed by atoms with Gasteiger partial charge in [-0.1, -0.05) is 54.1 Å². The smallest absolute Gasteiger partial charge is 0.200 e. The van der Waals surface area contributed by atoms with Crippen molar-refractivity contribution in [3.8, 4) is 5.75 Å². The van der Waals surface area contributed by atoms with Crippen molar-refractivity contribution >= 4 is 29.2 Å². The lowest BCUT2D eigenvalue weighted by molar-refractivity contribution is 0.0963. The lowest BCUT2D eigenvalue weighted by Gasteiger charge is -2.08. The highest BCUT2D eigenvalue weighted by atomic mass is 35.5. The van der Waals surface area contributed by atoms with Crippen molar-refractivity contribution in [1.82, 2.24) is 0 Å². The number of rotatable bonds is 5. The number of halogens is 1. The minimum Gasteiger partial charge on any atom is -0.507 e. The first-order chi connectivity index (χ1) is 12.6. The van der Waals surface area contributed by atoms with E-state index in [2.05, 4.69) is 0 Å². The van der Waals surface area contributed by atoms with Crippen LogP contribution in [0, 0.1) is 0 Å². The summed E-state index contributed by atoms with van der Waals surface area (Å²) in [6.07, 6.45) is 1.53. The van der Waals surface area contributed by atoms with Gasteiger partial charge in [0.25, 0.3) is 0 Å². The lowest BCUT2D eigenvalue weighted by Crippen LogP contribution is -2.14. The third-order valence-corrected chi connectivity index (χ3v) is 4.11. The molecule has 3 aromatic carbocycles. The largest absolute Gasteiger partial charge is 0.507 e. The molecule has 4 heteroatoms. The van der Waals surface area contributed by atoms with Crippen molar-refractivity contribution in [1.29, 1.82) is 0 Å². The molecule has 3 nitrogen and oxygen atoms in total. The molecule has 0 aromatic heterocycles. The Morgan fingerprint density at radius 2 is 1.38 bits per heavy atom. The summed E-state index contributed by atoms with van der Waals surface area (Å²) >= 11 is 5.88. The molecule has 0 aliphatic rings. The Labute approximate surface area is 156 Å². The number of para-hydroxylation sites is 1. The predicted octanol–water partition coefficient (Wildman–Crippen LogP) is 5.19. The normalized spacial score (nSPS) is 11.2. The van der Waals surface area contributed by atoms with E-state index in [9.17, 15) is 14.7 Å². The van der Waals surface area contributed by atoms with Crippen molar-refractivity contribution in [3.63, 3.8) is 0 Å². The number of benzene rings is 3. The molecule has 0 fully saturated rings. The van der Waals surface area contributed by atoms with Crippen LogP contribution >= 0.6 is 11.6 Å². The van der Waals surface area contributed by atoms with Crippen molar-refractivity contribution in [3.05, 3.63) is 106 Å². The van der Waals surface area contributed by atoms with Crippen LogP contribution in [0.15, 0.2) is 84.4 Å². The molecule has 0 aliphatic carbocycles. The summed E-state index contributed by atoms with van der Waals surface area (Å²) in [4.78, 5) is 25.9. The first-order valence-electron chi connectivity index (χ1n) is 7.96. The highest BCUT2D eigenvalue weighted by Crippen LogP contribution is 2.24. The summed E-state index contributed by atoms with van der Waals surface area (Å²) in [7, 11) is 0. The van der Waals surface area contributed by atoms with Crippen LogP contribution in [0.2, 0.25) is 5.02 Å². The second-order valence-electron chi connectivity index (χ2n) is 5.65. The fourth-order valence-corrected chi connectivity index (χ4v) is 2.64. The molecule has 0 atom stereocenters. The number of hydrogen-bond donors (Lipinski definition) is 1. The molecule has 0 saturated carbocycles. The van der Waals surface area contributed by atoms with Gasteiger partial charge in [-0.2, -0.15) is 0 Å². The molecule has 0 bridgehead atoms. The van der Waals surface area contributed by atoms with Gasteiger partial charge in [0.15, 0.2) is 5.78 Å². The van der Waals surface area contributed by atoms with Crippen LogP contribution in [0.4, 0.5) is 0 Å². The van der Waals surface area contributed by atoms with Gasteiger partial charge in [0.05, 0.1) is 11.1 Å². The maximum Gasteiger partial charge on any atom is 0.200 e. The Morgan fingerprint density at radius 3 is 2.04 bits per heavy atom. The van der Waals surface area contributed by atoms with Gasteiger partial charge in [0.1, 0.15) is 5.75 Å². The molecule has 0 unspecified atom stereocenters. The van der Waals surface area contributed by atoms with Gasteiger partial charge in [-0.25, -0.2) is 0 Å². The van der Waals surface area contributed by atoms with Crippen molar-refractivity contribution < 1.29 is 14.7 Å². The third kappa shape index (κ3) is 3.90. The predicted molar refractivity (Wildman–Crippen MR) is 103 cm³/mol. The van der Waals surface area contributed by atoms with E-state index in [1.165, 1.54) is 18.2 Å². The summed E-state index contributed by atoms with van der Waals surface area (Å²) in [5.41, 5.74) is 1.12.